The van der Waals surface area contributed by atoms with Gasteiger partial charge in [0.15, 0.2) is 0 Å². The summed E-state index contributed by atoms with van der Waals surface area (Å²) >= 11 is 0. The molecule has 54 heavy (non-hydrogen) atoms. The van der Waals surface area contributed by atoms with Crippen molar-refractivity contribution in [3.05, 3.63) is 124 Å². The SMILES string of the molecule is Cc1cc2c3c(c1)N(c1cc(C(C)(C)C)cc(C(C)(C)C)c1)c1cc(C(C)(C)C)ccc1B3c1ccccc1N2c1cc(C(C)(C)C)cc(C(C)(C)C)c1. The standard InChI is InChI=1S/C51H63BN2/c1-32-23-44-46-45(24-32)54(39-29-36(50(11,12)13)26-37(30-39)51(14,15)16)43-31-33(47(2,3)4)21-22-41(43)52(46)40-19-17-18-20-42(40)53(44)38-27-34(48(5,6)7)25-35(28-38)49(8,9)10/h17-31H,1-16H3. The second-order valence-corrected chi connectivity index (χ2v) is 21.4. The van der Waals surface area contributed by atoms with E-state index in [-0.39, 0.29) is 33.8 Å². The topological polar surface area (TPSA) is 6.48 Å². The number of rotatable bonds is 2. The quantitative estimate of drug-likeness (QED) is 0.165. The smallest absolute Gasteiger partial charge is 0.252 e. The van der Waals surface area contributed by atoms with Crippen LogP contribution < -0.4 is 26.2 Å². The summed E-state index contributed by atoms with van der Waals surface area (Å²) in [4.78, 5) is 5.21. The van der Waals surface area contributed by atoms with Crippen molar-refractivity contribution < 1.29 is 0 Å². The van der Waals surface area contributed by atoms with Crippen molar-refractivity contribution in [2.45, 2.75) is 138 Å². The highest BCUT2D eigenvalue weighted by atomic mass is 15.2. The predicted octanol–water partition coefficient (Wildman–Crippen LogP) is 12.6. The van der Waals surface area contributed by atoms with Crippen LogP contribution in [0, 0.1) is 6.92 Å². The van der Waals surface area contributed by atoms with Crippen molar-refractivity contribution in [2.24, 2.45) is 0 Å². The van der Waals surface area contributed by atoms with E-state index < -0.39 is 0 Å². The molecule has 0 N–H and O–H groups in total. The van der Waals surface area contributed by atoms with Gasteiger partial charge in [-0.3, -0.25) is 0 Å². The Hall–Kier alpha value is -4.24. The van der Waals surface area contributed by atoms with E-state index >= 15 is 0 Å². The number of para-hydroxylation sites is 1. The molecule has 0 saturated carbocycles. The lowest BCUT2D eigenvalue weighted by Crippen LogP contribution is -2.61. The summed E-state index contributed by atoms with van der Waals surface area (Å²) in [6.45, 7) is 37.5. The predicted molar refractivity (Wildman–Crippen MR) is 239 cm³/mol. The molecular weight excluding hydrogens is 651 g/mol. The van der Waals surface area contributed by atoms with Gasteiger partial charge in [0.05, 0.1) is 0 Å². The summed E-state index contributed by atoms with van der Waals surface area (Å²) < 4.78 is 0. The van der Waals surface area contributed by atoms with Crippen LogP contribution in [0.1, 0.15) is 137 Å². The highest BCUT2D eigenvalue weighted by Gasteiger charge is 2.44. The zero-order chi connectivity index (χ0) is 39.5. The summed E-state index contributed by atoms with van der Waals surface area (Å²) in [7, 11) is 0. The van der Waals surface area contributed by atoms with Crippen molar-refractivity contribution in [2.75, 3.05) is 9.80 Å². The van der Waals surface area contributed by atoms with Crippen LogP contribution in [0.2, 0.25) is 0 Å². The minimum atomic E-state index is -0.00494. The molecule has 2 heterocycles. The molecule has 0 unspecified atom stereocenters. The molecule has 280 valence electrons. The van der Waals surface area contributed by atoms with Crippen LogP contribution >= 0.6 is 0 Å². The van der Waals surface area contributed by atoms with E-state index in [2.05, 4.69) is 212 Å². The first kappa shape index (κ1) is 38.1. The number of fused-ring (bicyclic) bond motifs is 4. The highest BCUT2D eigenvalue weighted by Crippen LogP contribution is 2.47. The molecule has 0 bridgehead atoms. The molecule has 2 nitrogen and oxygen atoms in total. The van der Waals surface area contributed by atoms with Crippen LogP contribution in [0.15, 0.2) is 91.0 Å². The second kappa shape index (κ2) is 12.4. The monoisotopic (exact) mass is 715 g/mol. The van der Waals surface area contributed by atoms with E-state index in [9.17, 15) is 0 Å². The molecular formula is C51H63BN2. The lowest BCUT2D eigenvalue weighted by atomic mass is 9.33. The van der Waals surface area contributed by atoms with Crippen molar-refractivity contribution in [1.82, 2.24) is 0 Å². The van der Waals surface area contributed by atoms with Crippen LogP contribution in [0.4, 0.5) is 34.1 Å². The van der Waals surface area contributed by atoms with E-state index in [4.69, 9.17) is 0 Å². The molecule has 0 aliphatic carbocycles. The maximum Gasteiger partial charge on any atom is 0.252 e. The van der Waals surface area contributed by atoms with Gasteiger partial charge in [-0.25, -0.2) is 0 Å². The molecule has 3 heteroatoms. The summed E-state index contributed by atoms with van der Waals surface area (Å²) in [5.41, 5.74) is 19.8. The molecule has 7 rings (SSSR count). The molecule has 5 aromatic carbocycles. The van der Waals surface area contributed by atoms with Crippen LogP contribution in [0.5, 0.6) is 0 Å². The number of anilines is 6. The molecule has 0 radical (unpaired) electrons. The maximum absolute atomic E-state index is 2.62. The first-order valence-corrected chi connectivity index (χ1v) is 20.1. The van der Waals surface area contributed by atoms with Gasteiger partial charge in [0.2, 0.25) is 0 Å². The molecule has 0 saturated heterocycles. The van der Waals surface area contributed by atoms with E-state index in [1.807, 2.05) is 0 Å². The van der Waals surface area contributed by atoms with Crippen molar-refractivity contribution in [1.29, 1.82) is 0 Å². The van der Waals surface area contributed by atoms with Gasteiger partial charge in [0, 0.05) is 34.1 Å². The first-order valence-electron chi connectivity index (χ1n) is 20.1. The van der Waals surface area contributed by atoms with Gasteiger partial charge in [0.1, 0.15) is 0 Å². The Balaban J connectivity index is 1.61. The van der Waals surface area contributed by atoms with Gasteiger partial charge in [-0.1, -0.05) is 146 Å². The molecule has 0 aromatic heterocycles. The Kier molecular flexibility index (Phi) is 8.73. The average Bonchev–Trinajstić information content (AvgIpc) is 3.05. The normalized spacial score (nSPS) is 14.6. The third-order valence-electron chi connectivity index (χ3n) is 11.8. The van der Waals surface area contributed by atoms with Crippen molar-refractivity contribution >= 4 is 57.2 Å². The summed E-state index contributed by atoms with van der Waals surface area (Å²) in [6.07, 6.45) is 0. The van der Waals surface area contributed by atoms with Gasteiger partial charge >= 0.3 is 0 Å². The molecule has 0 fully saturated rings. The average molecular weight is 715 g/mol. The Morgan fingerprint density at radius 3 is 1.19 bits per heavy atom. The van der Waals surface area contributed by atoms with Crippen LogP contribution in [0.25, 0.3) is 0 Å². The Labute approximate surface area is 328 Å². The zero-order valence-electron chi connectivity index (χ0n) is 36.1. The Bertz CT molecular complexity index is 2210. The highest BCUT2D eigenvalue weighted by molar-refractivity contribution is 7.00. The second-order valence-electron chi connectivity index (χ2n) is 21.4. The fourth-order valence-corrected chi connectivity index (χ4v) is 8.32. The molecule has 0 atom stereocenters. The minimum absolute atomic E-state index is 0.00319. The largest absolute Gasteiger partial charge is 0.311 e. The maximum atomic E-state index is 2.62. The Morgan fingerprint density at radius 2 is 0.759 bits per heavy atom. The summed E-state index contributed by atoms with van der Waals surface area (Å²) in [5.74, 6) is 0. The fourth-order valence-electron chi connectivity index (χ4n) is 8.32. The lowest BCUT2D eigenvalue weighted by molar-refractivity contribution is 0.568. The number of hydrogen-bond acceptors (Lipinski definition) is 2. The van der Waals surface area contributed by atoms with E-state index in [0.717, 1.165) is 0 Å². The first-order chi connectivity index (χ1) is 24.8. The molecule has 5 aromatic rings. The molecule has 2 aliphatic heterocycles. The van der Waals surface area contributed by atoms with E-state index in [0.29, 0.717) is 0 Å². The van der Waals surface area contributed by atoms with Crippen molar-refractivity contribution in [3.63, 3.8) is 0 Å². The van der Waals surface area contributed by atoms with Crippen LogP contribution in [-0.2, 0) is 27.1 Å². The number of aryl methyl sites for hydroxylation is 1. The van der Waals surface area contributed by atoms with E-state index in [1.165, 1.54) is 83.9 Å². The van der Waals surface area contributed by atoms with Crippen molar-refractivity contribution in [3.8, 4) is 0 Å². The van der Waals surface area contributed by atoms with Crippen LogP contribution in [-0.4, -0.2) is 6.71 Å². The van der Waals surface area contributed by atoms with Gasteiger partial charge in [0.25, 0.3) is 6.71 Å². The number of nitrogens with zero attached hydrogens (tertiary/aromatic N) is 2. The zero-order valence-corrected chi connectivity index (χ0v) is 36.1. The van der Waals surface area contributed by atoms with E-state index in [1.54, 1.807) is 0 Å². The molecule has 2 aliphatic rings. The van der Waals surface area contributed by atoms with Crippen LogP contribution in [0.3, 0.4) is 0 Å². The van der Waals surface area contributed by atoms with Gasteiger partial charge in [-0.2, -0.15) is 0 Å². The number of hydrogen-bond donors (Lipinski definition) is 0. The number of benzene rings is 5. The summed E-state index contributed by atoms with van der Waals surface area (Å²) in [5, 5.41) is 0. The lowest BCUT2D eigenvalue weighted by Gasteiger charge is -2.45. The fraction of sp³-hybridized carbons (Fsp3) is 0.412. The van der Waals surface area contributed by atoms with Gasteiger partial charge < -0.3 is 9.80 Å². The third kappa shape index (κ3) is 6.60. The summed E-state index contributed by atoms with van der Waals surface area (Å²) in [6, 6.07) is 36.1. The van der Waals surface area contributed by atoms with Gasteiger partial charge in [-0.05, 0) is 132 Å². The third-order valence-corrected chi connectivity index (χ3v) is 11.8. The minimum Gasteiger partial charge on any atom is -0.311 e. The van der Waals surface area contributed by atoms with Gasteiger partial charge in [-0.15, -0.1) is 0 Å². The Morgan fingerprint density at radius 1 is 0.370 bits per heavy atom. The molecule has 0 amide bonds. The molecule has 0 spiro atoms.